The number of hydrogen-bond acceptors (Lipinski definition) is 7. The summed E-state index contributed by atoms with van der Waals surface area (Å²) in [6.07, 6.45) is 6.14. The summed E-state index contributed by atoms with van der Waals surface area (Å²) in [5.41, 5.74) is 10.2. The van der Waals surface area contributed by atoms with E-state index in [1.54, 1.807) is 11.0 Å². The fraction of sp³-hybridized carbons (Fsp3) is 0.595. The Balaban J connectivity index is 1.04. The fourth-order valence-corrected chi connectivity index (χ4v) is 9.41. The van der Waals surface area contributed by atoms with Crippen molar-refractivity contribution in [2.75, 3.05) is 57.4 Å². The van der Waals surface area contributed by atoms with Crippen LogP contribution in [-0.2, 0) is 32.6 Å². The highest BCUT2D eigenvalue weighted by Crippen LogP contribution is 2.45. The smallest absolute Gasteiger partial charge is 0.410 e. The largest absolute Gasteiger partial charge is 0.436 e. The number of para-hydroxylation sites is 1. The van der Waals surface area contributed by atoms with Gasteiger partial charge >= 0.3 is 6.09 Å². The third-order valence-electron chi connectivity index (χ3n) is 12.1. The quantitative estimate of drug-likeness (QED) is 0.428. The molecule has 3 N–H and O–H groups in total. The van der Waals surface area contributed by atoms with Gasteiger partial charge in [0.1, 0.15) is 0 Å². The summed E-state index contributed by atoms with van der Waals surface area (Å²) in [6.45, 7) is 5.81. The van der Waals surface area contributed by atoms with E-state index in [9.17, 15) is 14.4 Å². The second-order valence-corrected chi connectivity index (χ2v) is 15.1. The molecule has 5 aliphatic rings. The van der Waals surface area contributed by atoms with Gasteiger partial charge in [0.25, 0.3) is 5.91 Å². The van der Waals surface area contributed by atoms with Gasteiger partial charge in [-0.2, -0.15) is 0 Å². The van der Waals surface area contributed by atoms with Crippen LogP contribution in [0, 0.1) is 0 Å². The lowest BCUT2D eigenvalue weighted by molar-refractivity contribution is -0.143. The monoisotopic (exact) mass is 676 g/mol. The van der Waals surface area contributed by atoms with E-state index >= 15 is 0 Å². The number of nitrogens with one attached hydrogen (secondary N) is 1. The maximum atomic E-state index is 14.2. The van der Waals surface area contributed by atoms with E-state index < -0.39 is 12.2 Å². The number of nitrogens with two attached hydrogens (primary N) is 1. The predicted molar refractivity (Wildman–Crippen MR) is 187 cm³/mol. The van der Waals surface area contributed by atoms with Crippen LogP contribution in [0.4, 0.5) is 16.2 Å². The molecule has 2 aromatic carbocycles. The zero-order valence-corrected chi connectivity index (χ0v) is 29.0. The number of ether oxygens (including phenoxy) is 1. The van der Waals surface area contributed by atoms with Crippen LogP contribution in [0.25, 0.3) is 0 Å². The second-order valence-electron chi connectivity index (χ2n) is 14.7. The SMILES string of the molecule is CCc1cc(C[C@@H](OC(=O)N2CCC3(CC2)CC(=O)Nc2ccccc23)C(=O)N2CCN(C3CC4CCC(C3)N4C)CC2)cc(Cl)c1N. The van der Waals surface area contributed by atoms with Crippen molar-refractivity contribution < 1.29 is 19.1 Å². The number of halogens is 1. The van der Waals surface area contributed by atoms with E-state index in [2.05, 4.69) is 28.2 Å². The molecule has 10 nitrogen and oxygen atoms in total. The number of piperazine rings is 1. The number of nitrogens with zero attached hydrogens (tertiary/aromatic N) is 4. The van der Waals surface area contributed by atoms with Crippen molar-refractivity contribution in [3.05, 3.63) is 58.1 Å². The molecule has 4 fully saturated rings. The molecule has 258 valence electrons. The Bertz CT molecular complexity index is 1540. The molecule has 7 rings (SSSR count). The molecule has 5 heterocycles. The minimum Gasteiger partial charge on any atom is -0.436 e. The van der Waals surface area contributed by atoms with Crippen LogP contribution >= 0.6 is 11.6 Å². The van der Waals surface area contributed by atoms with E-state index in [0.29, 0.717) is 80.7 Å². The first-order valence-corrected chi connectivity index (χ1v) is 18.2. The van der Waals surface area contributed by atoms with Gasteiger partial charge in [-0.1, -0.05) is 42.8 Å². The van der Waals surface area contributed by atoms with Gasteiger partial charge in [0.15, 0.2) is 6.10 Å². The highest BCUT2D eigenvalue weighted by molar-refractivity contribution is 6.33. The maximum Gasteiger partial charge on any atom is 0.410 e. The summed E-state index contributed by atoms with van der Waals surface area (Å²) >= 11 is 6.50. The van der Waals surface area contributed by atoms with Crippen molar-refractivity contribution in [3.63, 3.8) is 0 Å². The molecule has 2 bridgehead atoms. The molecule has 11 heteroatoms. The number of piperidine rings is 2. The minimum absolute atomic E-state index is 0.00673. The number of nitrogen functional groups attached to an aromatic ring is 1. The minimum atomic E-state index is -0.982. The number of amides is 3. The highest BCUT2D eigenvalue weighted by atomic mass is 35.5. The molecule has 4 saturated heterocycles. The molecule has 2 unspecified atom stereocenters. The average molecular weight is 677 g/mol. The number of carbonyl (C=O) groups is 3. The highest BCUT2D eigenvalue weighted by Gasteiger charge is 2.45. The molecule has 48 heavy (non-hydrogen) atoms. The summed E-state index contributed by atoms with van der Waals surface area (Å²) in [6, 6.07) is 13.6. The van der Waals surface area contributed by atoms with Crippen molar-refractivity contribution in [3.8, 4) is 0 Å². The van der Waals surface area contributed by atoms with Crippen LogP contribution in [0.5, 0.6) is 0 Å². The normalized spacial score (nSPS) is 26.2. The van der Waals surface area contributed by atoms with E-state index in [1.807, 2.05) is 36.1 Å². The van der Waals surface area contributed by atoms with Crippen molar-refractivity contribution in [2.45, 2.75) is 94.4 Å². The molecule has 0 radical (unpaired) electrons. The van der Waals surface area contributed by atoms with Crippen LogP contribution in [0.15, 0.2) is 36.4 Å². The molecule has 3 atom stereocenters. The molecule has 5 aliphatic heterocycles. The summed E-state index contributed by atoms with van der Waals surface area (Å²) in [4.78, 5) is 49.3. The van der Waals surface area contributed by atoms with Gasteiger partial charge in [-0.25, -0.2) is 4.79 Å². The molecule has 3 amide bonds. The Morgan fingerprint density at radius 2 is 1.69 bits per heavy atom. The topological polar surface area (TPSA) is 111 Å². The zero-order chi connectivity index (χ0) is 33.6. The average Bonchev–Trinajstić information content (AvgIpc) is 3.27. The standard InChI is InChI=1S/C37H49ClN6O4/c1-3-25-18-24(19-30(38)34(25)39)20-32(35(46)43-16-14-42(15-17-43)28-21-26-8-9-27(22-28)41(26)2)48-36(47)44-12-10-37(11-13-44)23-33(45)40-31-7-5-4-6-29(31)37/h4-7,18-19,26-28,32H,3,8-17,20-23,39H2,1-2H3,(H,40,45)/t26?,27?,28?,32-/m1/s1. The van der Waals surface area contributed by atoms with Crippen LogP contribution in [0.1, 0.15) is 68.6 Å². The Morgan fingerprint density at radius 1 is 1.00 bits per heavy atom. The van der Waals surface area contributed by atoms with Gasteiger partial charge in [-0.3, -0.25) is 14.5 Å². The Morgan fingerprint density at radius 3 is 2.38 bits per heavy atom. The number of hydrogen-bond donors (Lipinski definition) is 2. The first-order valence-electron chi connectivity index (χ1n) is 17.8. The first kappa shape index (κ1) is 33.2. The molecule has 0 saturated carbocycles. The van der Waals surface area contributed by atoms with E-state index in [-0.39, 0.29) is 23.7 Å². The number of rotatable bonds is 6. The molecular weight excluding hydrogens is 628 g/mol. The van der Waals surface area contributed by atoms with Crippen molar-refractivity contribution >= 4 is 40.9 Å². The summed E-state index contributed by atoms with van der Waals surface area (Å²) in [5, 5.41) is 3.44. The molecule has 0 aromatic heterocycles. The Hall–Kier alpha value is -3.34. The summed E-state index contributed by atoms with van der Waals surface area (Å²) < 4.78 is 6.13. The Kier molecular flexibility index (Phi) is 9.34. The third-order valence-corrected chi connectivity index (χ3v) is 12.4. The second kappa shape index (κ2) is 13.5. The summed E-state index contributed by atoms with van der Waals surface area (Å²) in [5.74, 6) is -0.156. The van der Waals surface area contributed by atoms with Gasteiger partial charge in [0.05, 0.1) is 10.7 Å². The van der Waals surface area contributed by atoms with Crippen molar-refractivity contribution in [1.82, 2.24) is 19.6 Å². The number of aryl methyl sites for hydroxylation is 1. The Labute approximate surface area is 288 Å². The third kappa shape index (κ3) is 6.39. The van der Waals surface area contributed by atoms with Crippen LogP contribution < -0.4 is 11.1 Å². The summed E-state index contributed by atoms with van der Waals surface area (Å²) in [7, 11) is 2.27. The zero-order valence-electron chi connectivity index (χ0n) is 28.3. The fourth-order valence-electron chi connectivity index (χ4n) is 9.14. The van der Waals surface area contributed by atoms with Gasteiger partial charge in [0, 0.05) is 81.3 Å². The lowest BCUT2D eigenvalue weighted by atomic mass is 9.68. The van der Waals surface area contributed by atoms with Gasteiger partial charge in [0.2, 0.25) is 5.91 Å². The molecule has 1 spiro atoms. The van der Waals surface area contributed by atoms with Crippen molar-refractivity contribution in [1.29, 1.82) is 0 Å². The number of fused-ring (bicyclic) bond motifs is 4. The number of carbonyl (C=O) groups excluding carboxylic acids is 3. The number of likely N-dealkylation sites (tertiary alicyclic amines) is 1. The lowest BCUT2D eigenvalue weighted by Crippen LogP contribution is -2.57. The van der Waals surface area contributed by atoms with Crippen molar-refractivity contribution in [2.24, 2.45) is 0 Å². The first-order chi connectivity index (χ1) is 23.1. The van der Waals surface area contributed by atoms with Crippen LogP contribution in [0.3, 0.4) is 0 Å². The van der Waals surface area contributed by atoms with Gasteiger partial charge < -0.3 is 30.5 Å². The number of benzene rings is 2. The van der Waals surface area contributed by atoms with Gasteiger partial charge in [-0.05, 0) is 80.8 Å². The van der Waals surface area contributed by atoms with Gasteiger partial charge in [-0.15, -0.1) is 0 Å². The molecule has 0 aliphatic carbocycles. The predicted octanol–water partition coefficient (Wildman–Crippen LogP) is 4.68. The molecular formula is C37H49ClN6O4. The van der Waals surface area contributed by atoms with E-state index in [1.165, 1.54) is 25.7 Å². The lowest BCUT2D eigenvalue weighted by Gasteiger charge is -2.45. The maximum absolute atomic E-state index is 14.2. The van der Waals surface area contributed by atoms with Crippen LogP contribution in [0.2, 0.25) is 5.02 Å². The van der Waals surface area contributed by atoms with E-state index in [0.717, 1.165) is 35.5 Å². The van der Waals surface area contributed by atoms with E-state index in [4.69, 9.17) is 22.1 Å². The number of anilines is 2. The van der Waals surface area contributed by atoms with Crippen LogP contribution in [-0.4, -0.2) is 108 Å². The molecule has 2 aromatic rings.